The van der Waals surface area contributed by atoms with E-state index in [0.717, 1.165) is 24.8 Å². The van der Waals surface area contributed by atoms with Gasteiger partial charge in [0.1, 0.15) is 11.8 Å². The number of nitrogens with one attached hydrogen (secondary N) is 1. The lowest BCUT2D eigenvalue weighted by Crippen LogP contribution is -2.60. The van der Waals surface area contributed by atoms with E-state index in [9.17, 15) is 13.2 Å². The van der Waals surface area contributed by atoms with Gasteiger partial charge >= 0.3 is 0 Å². The van der Waals surface area contributed by atoms with Crippen LogP contribution in [0.25, 0.3) is 0 Å². The molecule has 3 rings (SSSR count). The Morgan fingerprint density at radius 2 is 1.89 bits per heavy atom. The second-order valence-corrected chi connectivity index (χ2v) is 9.36. The van der Waals surface area contributed by atoms with Gasteiger partial charge in [-0.1, -0.05) is 12.1 Å². The molecule has 2 aliphatic rings. The highest BCUT2D eigenvalue weighted by atomic mass is 32.2. The van der Waals surface area contributed by atoms with E-state index in [1.165, 1.54) is 11.4 Å². The number of rotatable bonds is 3. The number of carbonyl (C=O) groups excluding carboxylic acids is 1. The zero-order valence-electron chi connectivity index (χ0n) is 16.4. The summed E-state index contributed by atoms with van der Waals surface area (Å²) in [6.07, 6.45) is 3.39. The standard InChI is InChI=1S/C19H29N3O4S/c1-13-7-5-8-14(2)22(13)19(23)18-12-17(20-27(24,25)21(18)3)15-9-6-10-16(11-15)26-4/h6,9-11,13-14,17-18,20H,5,7-8,12H2,1-4H3/t13-,14+,17-,18+/m0/s1. The maximum absolute atomic E-state index is 13.3. The van der Waals surface area contributed by atoms with Crippen LogP contribution in [0, 0.1) is 0 Å². The summed E-state index contributed by atoms with van der Waals surface area (Å²) in [6.45, 7) is 4.09. The molecule has 0 unspecified atom stereocenters. The van der Waals surface area contributed by atoms with Crippen molar-refractivity contribution in [1.29, 1.82) is 0 Å². The summed E-state index contributed by atoms with van der Waals surface area (Å²) in [5.41, 5.74) is 0.795. The quantitative estimate of drug-likeness (QED) is 0.850. The number of carbonyl (C=O) groups is 1. The molecule has 7 nitrogen and oxygen atoms in total. The maximum Gasteiger partial charge on any atom is 0.280 e. The Bertz CT molecular complexity index is 788. The largest absolute Gasteiger partial charge is 0.497 e. The van der Waals surface area contributed by atoms with Crippen LogP contribution in [0.4, 0.5) is 0 Å². The van der Waals surface area contributed by atoms with Crippen molar-refractivity contribution in [3.05, 3.63) is 29.8 Å². The molecular weight excluding hydrogens is 366 g/mol. The fraction of sp³-hybridized carbons (Fsp3) is 0.632. The number of piperidine rings is 1. The number of hydrogen-bond acceptors (Lipinski definition) is 4. The Labute approximate surface area is 161 Å². The second-order valence-electron chi connectivity index (χ2n) is 7.59. The molecule has 0 saturated carbocycles. The number of likely N-dealkylation sites (tertiary alicyclic amines) is 1. The number of methoxy groups -OCH3 is 1. The van der Waals surface area contributed by atoms with Crippen molar-refractivity contribution in [3.8, 4) is 5.75 Å². The van der Waals surface area contributed by atoms with E-state index in [0.29, 0.717) is 12.2 Å². The minimum atomic E-state index is -3.75. The van der Waals surface area contributed by atoms with Crippen LogP contribution in [0.3, 0.4) is 0 Å². The Morgan fingerprint density at radius 1 is 1.22 bits per heavy atom. The highest BCUT2D eigenvalue weighted by Crippen LogP contribution is 2.32. The van der Waals surface area contributed by atoms with Crippen LogP contribution in [0.2, 0.25) is 0 Å². The molecule has 8 heteroatoms. The van der Waals surface area contributed by atoms with E-state index in [-0.39, 0.29) is 18.0 Å². The molecule has 0 spiro atoms. The molecule has 4 atom stereocenters. The van der Waals surface area contributed by atoms with Crippen molar-refractivity contribution < 1.29 is 17.9 Å². The van der Waals surface area contributed by atoms with Crippen LogP contribution >= 0.6 is 0 Å². The average molecular weight is 396 g/mol. The molecule has 0 aromatic heterocycles. The van der Waals surface area contributed by atoms with Gasteiger partial charge in [-0.2, -0.15) is 17.4 Å². The van der Waals surface area contributed by atoms with E-state index < -0.39 is 22.3 Å². The number of nitrogens with zero attached hydrogens (tertiary/aromatic N) is 2. The topological polar surface area (TPSA) is 79.0 Å². The molecule has 1 amide bonds. The first kappa shape index (κ1) is 20.1. The molecule has 27 heavy (non-hydrogen) atoms. The lowest BCUT2D eigenvalue weighted by molar-refractivity contribution is -0.142. The summed E-state index contributed by atoms with van der Waals surface area (Å²) >= 11 is 0. The zero-order chi connectivity index (χ0) is 19.8. The first-order valence-electron chi connectivity index (χ1n) is 9.46. The summed E-state index contributed by atoms with van der Waals surface area (Å²) in [6, 6.07) is 6.38. The van der Waals surface area contributed by atoms with E-state index in [1.54, 1.807) is 7.11 Å². The molecule has 0 radical (unpaired) electrons. The number of likely N-dealkylation sites (N-methyl/N-ethyl adjacent to an activating group) is 1. The molecule has 2 saturated heterocycles. The van der Waals surface area contributed by atoms with Gasteiger partial charge in [0.2, 0.25) is 5.91 Å². The fourth-order valence-electron chi connectivity index (χ4n) is 4.20. The molecule has 0 bridgehead atoms. The molecular formula is C19H29N3O4S. The van der Waals surface area contributed by atoms with Crippen molar-refractivity contribution in [2.45, 2.75) is 63.7 Å². The average Bonchev–Trinajstić information content (AvgIpc) is 2.63. The monoisotopic (exact) mass is 395 g/mol. The minimum Gasteiger partial charge on any atom is -0.497 e. The fourth-order valence-corrected chi connectivity index (χ4v) is 5.47. The van der Waals surface area contributed by atoms with Gasteiger partial charge in [-0.3, -0.25) is 4.79 Å². The van der Waals surface area contributed by atoms with Crippen LogP contribution in [0.15, 0.2) is 24.3 Å². The first-order chi connectivity index (χ1) is 12.7. The molecule has 1 aromatic rings. The van der Waals surface area contributed by atoms with Crippen molar-refractivity contribution in [2.75, 3.05) is 14.2 Å². The van der Waals surface area contributed by atoms with Crippen LogP contribution < -0.4 is 9.46 Å². The predicted octanol–water partition coefficient (Wildman–Crippen LogP) is 2.06. The third kappa shape index (κ3) is 3.97. The van der Waals surface area contributed by atoms with E-state index in [2.05, 4.69) is 4.72 Å². The molecule has 150 valence electrons. The highest BCUT2D eigenvalue weighted by molar-refractivity contribution is 7.87. The lowest BCUT2D eigenvalue weighted by atomic mass is 9.94. The third-order valence-electron chi connectivity index (χ3n) is 5.80. The number of amides is 1. The van der Waals surface area contributed by atoms with Crippen LogP contribution in [0.1, 0.15) is 51.1 Å². The van der Waals surface area contributed by atoms with Gasteiger partial charge in [0.15, 0.2) is 0 Å². The van der Waals surface area contributed by atoms with Crippen molar-refractivity contribution in [3.63, 3.8) is 0 Å². The molecule has 1 aromatic carbocycles. The van der Waals surface area contributed by atoms with Gasteiger partial charge in [-0.25, -0.2) is 0 Å². The molecule has 2 heterocycles. The third-order valence-corrected chi connectivity index (χ3v) is 7.39. The Kier molecular flexibility index (Phi) is 5.79. The second kappa shape index (κ2) is 7.77. The molecule has 2 fully saturated rings. The van der Waals surface area contributed by atoms with Crippen LogP contribution in [0.5, 0.6) is 5.75 Å². The first-order valence-corrected chi connectivity index (χ1v) is 10.9. The van der Waals surface area contributed by atoms with Gasteiger partial charge in [0.25, 0.3) is 10.2 Å². The predicted molar refractivity (Wildman–Crippen MR) is 104 cm³/mol. The molecule has 2 aliphatic heterocycles. The SMILES string of the molecule is COc1cccc([C@@H]2C[C@H](C(=O)N3[C@H](C)CCC[C@@H]3C)N(C)S(=O)(=O)N2)c1. The summed E-state index contributed by atoms with van der Waals surface area (Å²) < 4.78 is 34.5. The normalized spacial score (nSPS) is 31.5. The van der Waals surface area contributed by atoms with Crippen molar-refractivity contribution in [1.82, 2.24) is 13.9 Å². The van der Waals surface area contributed by atoms with E-state index >= 15 is 0 Å². The van der Waals surface area contributed by atoms with Gasteiger partial charge in [0.05, 0.1) is 13.2 Å². The number of benzene rings is 1. The summed E-state index contributed by atoms with van der Waals surface area (Å²) in [5, 5.41) is 0. The summed E-state index contributed by atoms with van der Waals surface area (Å²) in [4.78, 5) is 15.2. The van der Waals surface area contributed by atoms with Gasteiger partial charge in [-0.15, -0.1) is 0 Å². The van der Waals surface area contributed by atoms with Crippen LogP contribution in [-0.2, 0) is 15.0 Å². The number of hydrogen-bond donors (Lipinski definition) is 1. The minimum absolute atomic E-state index is 0.102. The number of ether oxygens (including phenoxy) is 1. The van der Waals surface area contributed by atoms with Gasteiger partial charge in [0, 0.05) is 19.1 Å². The Balaban J connectivity index is 1.90. The smallest absolute Gasteiger partial charge is 0.280 e. The van der Waals surface area contributed by atoms with Crippen molar-refractivity contribution in [2.24, 2.45) is 0 Å². The van der Waals surface area contributed by atoms with Gasteiger partial charge < -0.3 is 9.64 Å². The zero-order valence-corrected chi connectivity index (χ0v) is 17.2. The van der Waals surface area contributed by atoms with Crippen molar-refractivity contribution >= 4 is 16.1 Å². The lowest BCUT2D eigenvalue weighted by Gasteiger charge is -2.44. The maximum atomic E-state index is 13.3. The highest BCUT2D eigenvalue weighted by Gasteiger charge is 2.44. The van der Waals surface area contributed by atoms with E-state index in [1.807, 2.05) is 43.0 Å². The molecule has 0 aliphatic carbocycles. The summed E-state index contributed by atoms with van der Waals surface area (Å²) in [5.74, 6) is 0.557. The molecule has 1 N–H and O–H groups in total. The van der Waals surface area contributed by atoms with Gasteiger partial charge in [-0.05, 0) is 57.2 Å². The van der Waals surface area contributed by atoms with E-state index in [4.69, 9.17) is 4.74 Å². The summed E-state index contributed by atoms with van der Waals surface area (Å²) in [7, 11) is -0.700. The Hall–Kier alpha value is -1.64. The Morgan fingerprint density at radius 3 is 2.52 bits per heavy atom. The van der Waals surface area contributed by atoms with Crippen LogP contribution in [-0.4, -0.2) is 55.8 Å².